The molecule has 0 saturated heterocycles. The number of aromatic amines is 2. The summed E-state index contributed by atoms with van der Waals surface area (Å²) in [5, 5.41) is 29.6. The van der Waals surface area contributed by atoms with E-state index in [-0.39, 0.29) is 11.8 Å². The molecule has 1 aliphatic carbocycles. The molecule has 3 aromatic rings. The lowest BCUT2D eigenvalue weighted by molar-refractivity contribution is -0.118. The van der Waals surface area contributed by atoms with Crippen LogP contribution in [0.25, 0.3) is 11.0 Å². The number of nitrogens with zero attached hydrogens (tertiary/aromatic N) is 5. The molecule has 0 aliphatic heterocycles. The van der Waals surface area contributed by atoms with Gasteiger partial charge in [-0.15, -0.1) is 5.10 Å². The summed E-state index contributed by atoms with van der Waals surface area (Å²) >= 11 is 0. The van der Waals surface area contributed by atoms with Crippen molar-refractivity contribution in [1.29, 1.82) is 0 Å². The molecule has 0 aromatic carbocycles. The third-order valence-electron chi connectivity index (χ3n) is 4.41. The average Bonchev–Trinajstić information content (AvgIpc) is 3.17. The molecule has 1 atom stereocenters. The number of hydrogen-bond acceptors (Lipinski definition) is 6. The van der Waals surface area contributed by atoms with Gasteiger partial charge in [0.15, 0.2) is 11.5 Å². The van der Waals surface area contributed by atoms with E-state index in [1.807, 2.05) is 13.8 Å². The number of aryl methyl sites for hydroxylation is 3. The Hall–Kier alpha value is -2.84. The van der Waals surface area contributed by atoms with Crippen LogP contribution >= 0.6 is 0 Å². The third kappa shape index (κ3) is 2.16. The highest BCUT2D eigenvalue weighted by Crippen LogP contribution is 2.31. The van der Waals surface area contributed by atoms with E-state index >= 15 is 0 Å². The van der Waals surface area contributed by atoms with E-state index in [9.17, 15) is 4.79 Å². The summed E-state index contributed by atoms with van der Waals surface area (Å²) in [7, 11) is 0. The van der Waals surface area contributed by atoms with Crippen LogP contribution in [0.2, 0.25) is 0 Å². The zero-order valence-corrected chi connectivity index (χ0v) is 12.8. The van der Waals surface area contributed by atoms with Crippen molar-refractivity contribution in [2.75, 3.05) is 5.32 Å². The molecule has 9 nitrogen and oxygen atoms in total. The zero-order valence-electron chi connectivity index (χ0n) is 12.8. The zero-order chi connectivity index (χ0) is 16.0. The van der Waals surface area contributed by atoms with Gasteiger partial charge in [0.1, 0.15) is 0 Å². The molecule has 3 aromatic heterocycles. The summed E-state index contributed by atoms with van der Waals surface area (Å²) in [6, 6.07) is 0. The van der Waals surface area contributed by atoms with E-state index in [4.69, 9.17) is 0 Å². The lowest BCUT2D eigenvalue weighted by atomic mass is 9.89. The molecule has 1 amide bonds. The molecular formula is C14H16N8O. The highest BCUT2D eigenvalue weighted by molar-refractivity contribution is 6.02. The molecule has 0 saturated carbocycles. The van der Waals surface area contributed by atoms with Gasteiger partial charge in [0, 0.05) is 0 Å². The molecule has 1 unspecified atom stereocenters. The topological polar surface area (TPSA) is 125 Å². The summed E-state index contributed by atoms with van der Waals surface area (Å²) < 4.78 is 0. The molecule has 9 heteroatoms. The van der Waals surface area contributed by atoms with E-state index < -0.39 is 0 Å². The fraction of sp³-hybridized carbons (Fsp3) is 0.429. The summed E-state index contributed by atoms with van der Waals surface area (Å²) in [5.74, 6) is 0.0543. The Morgan fingerprint density at radius 2 is 2.09 bits per heavy atom. The van der Waals surface area contributed by atoms with E-state index in [0.29, 0.717) is 11.5 Å². The van der Waals surface area contributed by atoms with Gasteiger partial charge in [-0.25, -0.2) is 0 Å². The SMILES string of the molecule is Cc1nnc2[nH]nc(NC(=O)C3CCCc4n[nH]nc43)c2c1C. The van der Waals surface area contributed by atoms with Crippen molar-refractivity contribution in [2.45, 2.75) is 39.0 Å². The maximum Gasteiger partial charge on any atom is 0.234 e. The molecule has 23 heavy (non-hydrogen) atoms. The van der Waals surface area contributed by atoms with Crippen LogP contribution in [-0.4, -0.2) is 41.7 Å². The van der Waals surface area contributed by atoms with Crippen LogP contribution in [0.3, 0.4) is 0 Å². The van der Waals surface area contributed by atoms with Gasteiger partial charge in [-0.1, -0.05) is 0 Å². The fourth-order valence-corrected chi connectivity index (χ4v) is 3.03. The Morgan fingerprint density at radius 3 is 2.96 bits per heavy atom. The van der Waals surface area contributed by atoms with Crippen molar-refractivity contribution in [1.82, 2.24) is 35.8 Å². The Labute approximate surface area is 131 Å². The molecule has 0 spiro atoms. The molecule has 1 aliphatic rings. The van der Waals surface area contributed by atoms with Gasteiger partial charge in [-0.3, -0.25) is 9.89 Å². The van der Waals surface area contributed by atoms with Crippen LogP contribution in [-0.2, 0) is 11.2 Å². The van der Waals surface area contributed by atoms with Gasteiger partial charge < -0.3 is 5.32 Å². The molecule has 0 radical (unpaired) electrons. The van der Waals surface area contributed by atoms with Crippen LogP contribution in [0.1, 0.15) is 41.4 Å². The van der Waals surface area contributed by atoms with Crippen LogP contribution in [0.4, 0.5) is 5.82 Å². The first kappa shape index (κ1) is 13.8. The second-order valence-electron chi connectivity index (χ2n) is 5.80. The first-order valence-corrected chi connectivity index (χ1v) is 7.53. The number of anilines is 1. The Bertz CT molecular complexity index is 895. The number of carbonyl (C=O) groups is 1. The summed E-state index contributed by atoms with van der Waals surface area (Å²) in [6.45, 7) is 3.82. The van der Waals surface area contributed by atoms with Crippen LogP contribution in [0, 0.1) is 13.8 Å². The van der Waals surface area contributed by atoms with Crippen molar-refractivity contribution in [2.24, 2.45) is 0 Å². The molecule has 3 N–H and O–H groups in total. The number of H-pyrrole nitrogens is 2. The summed E-state index contributed by atoms with van der Waals surface area (Å²) in [5.41, 5.74) is 3.94. The smallest absolute Gasteiger partial charge is 0.234 e. The van der Waals surface area contributed by atoms with Gasteiger partial charge >= 0.3 is 0 Å². The normalized spacial score (nSPS) is 17.2. The third-order valence-corrected chi connectivity index (χ3v) is 4.41. The Balaban J connectivity index is 1.67. The fourth-order valence-electron chi connectivity index (χ4n) is 3.03. The largest absolute Gasteiger partial charge is 0.308 e. The molecule has 3 heterocycles. The van der Waals surface area contributed by atoms with Crippen molar-refractivity contribution >= 4 is 22.8 Å². The predicted octanol–water partition coefficient (Wildman–Crippen LogP) is 1.15. The van der Waals surface area contributed by atoms with Gasteiger partial charge in [-0.05, 0) is 38.7 Å². The first-order valence-electron chi connectivity index (χ1n) is 7.53. The lowest BCUT2D eigenvalue weighted by Crippen LogP contribution is -2.25. The van der Waals surface area contributed by atoms with E-state index in [1.165, 1.54) is 0 Å². The Morgan fingerprint density at radius 1 is 1.22 bits per heavy atom. The van der Waals surface area contributed by atoms with Crippen LogP contribution < -0.4 is 5.32 Å². The molecule has 4 rings (SSSR count). The van der Waals surface area contributed by atoms with Gasteiger partial charge in [-0.2, -0.15) is 25.6 Å². The van der Waals surface area contributed by atoms with Crippen molar-refractivity contribution in [3.63, 3.8) is 0 Å². The van der Waals surface area contributed by atoms with Gasteiger partial charge in [0.2, 0.25) is 5.91 Å². The highest BCUT2D eigenvalue weighted by atomic mass is 16.2. The van der Waals surface area contributed by atoms with Gasteiger partial charge in [0.05, 0.1) is 28.4 Å². The maximum absolute atomic E-state index is 12.7. The number of aromatic nitrogens is 7. The van der Waals surface area contributed by atoms with E-state index in [1.54, 1.807) is 0 Å². The summed E-state index contributed by atoms with van der Waals surface area (Å²) in [4.78, 5) is 12.7. The first-order chi connectivity index (χ1) is 11.1. The van der Waals surface area contributed by atoms with Crippen molar-refractivity contribution < 1.29 is 4.79 Å². The monoisotopic (exact) mass is 312 g/mol. The minimum Gasteiger partial charge on any atom is -0.308 e. The molecular weight excluding hydrogens is 296 g/mol. The number of amides is 1. The van der Waals surface area contributed by atoms with Crippen molar-refractivity contribution in [3.05, 3.63) is 22.6 Å². The highest BCUT2D eigenvalue weighted by Gasteiger charge is 2.30. The second-order valence-corrected chi connectivity index (χ2v) is 5.80. The lowest BCUT2D eigenvalue weighted by Gasteiger charge is -2.18. The molecule has 118 valence electrons. The molecule has 0 fully saturated rings. The van der Waals surface area contributed by atoms with Gasteiger partial charge in [0.25, 0.3) is 0 Å². The second kappa shape index (κ2) is 5.11. The minimum atomic E-state index is -0.305. The predicted molar refractivity (Wildman–Crippen MR) is 81.8 cm³/mol. The van der Waals surface area contributed by atoms with Crippen molar-refractivity contribution in [3.8, 4) is 0 Å². The minimum absolute atomic E-state index is 0.123. The number of rotatable bonds is 2. The number of carbonyl (C=O) groups excluding carboxylic acids is 1. The number of hydrogen-bond donors (Lipinski definition) is 3. The average molecular weight is 312 g/mol. The standard InChI is InChI=1S/C14H16N8O/c1-6-7(2)16-20-13-10(6)12(19-21-13)15-14(23)8-4-3-5-9-11(8)18-22-17-9/h8H,3-5H2,1-2H3,(H,17,18,22)(H2,15,19,20,21,23). The van der Waals surface area contributed by atoms with Crippen LogP contribution in [0.5, 0.6) is 0 Å². The number of nitrogens with one attached hydrogen (secondary N) is 3. The Kier molecular flexibility index (Phi) is 3.07. The quantitative estimate of drug-likeness (QED) is 0.651. The van der Waals surface area contributed by atoms with E-state index in [0.717, 1.165) is 47.3 Å². The maximum atomic E-state index is 12.7. The molecule has 0 bridgehead atoms. The van der Waals surface area contributed by atoms with Crippen LogP contribution in [0.15, 0.2) is 0 Å². The number of fused-ring (bicyclic) bond motifs is 2. The summed E-state index contributed by atoms with van der Waals surface area (Å²) in [6.07, 6.45) is 2.53. The van der Waals surface area contributed by atoms with E-state index in [2.05, 4.69) is 41.1 Å².